The molecule has 4 heteroatoms. The molecule has 0 amide bonds. The maximum atomic E-state index is 5.83. The van der Waals surface area contributed by atoms with E-state index in [1.165, 1.54) is 38.5 Å². The average molecular weight is 253 g/mol. The Bertz CT molecular complexity index is 258. The van der Waals surface area contributed by atoms with Crippen molar-refractivity contribution in [1.29, 1.82) is 0 Å². The number of aliphatic imine (C=N–C) groups is 1. The molecule has 0 aromatic heterocycles. The van der Waals surface area contributed by atoms with Gasteiger partial charge in [-0.15, -0.1) is 0 Å². The van der Waals surface area contributed by atoms with Crippen molar-refractivity contribution < 1.29 is 4.74 Å². The van der Waals surface area contributed by atoms with Gasteiger partial charge in [0, 0.05) is 19.7 Å². The summed E-state index contributed by atoms with van der Waals surface area (Å²) in [5, 5.41) is 3.20. The number of nitrogens with zero attached hydrogens (tertiary/aromatic N) is 1. The SMILES string of the molecule is NC(=NCC1CCC1)NCCCC1CCCCO1. The van der Waals surface area contributed by atoms with Gasteiger partial charge >= 0.3 is 0 Å². The molecule has 3 N–H and O–H groups in total. The van der Waals surface area contributed by atoms with Gasteiger partial charge < -0.3 is 15.8 Å². The number of nitrogens with one attached hydrogen (secondary N) is 1. The number of rotatable bonds is 6. The smallest absolute Gasteiger partial charge is 0.188 e. The minimum absolute atomic E-state index is 0.480. The Morgan fingerprint density at radius 2 is 2.11 bits per heavy atom. The summed E-state index contributed by atoms with van der Waals surface area (Å²) in [7, 11) is 0. The average Bonchev–Trinajstić information content (AvgIpc) is 2.34. The maximum Gasteiger partial charge on any atom is 0.188 e. The Hall–Kier alpha value is -0.770. The highest BCUT2D eigenvalue weighted by molar-refractivity contribution is 5.77. The lowest BCUT2D eigenvalue weighted by Gasteiger charge is -2.23. The van der Waals surface area contributed by atoms with Crippen LogP contribution in [0.2, 0.25) is 0 Å². The van der Waals surface area contributed by atoms with Crippen molar-refractivity contribution in [1.82, 2.24) is 5.32 Å². The molecule has 2 fully saturated rings. The number of hydrogen-bond acceptors (Lipinski definition) is 2. The van der Waals surface area contributed by atoms with E-state index < -0.39 is 0 Å². The maximum absolute atomic E-state index is 5.83. The van der Waals surface area contributed by atoms with E-state index in [0.29, 0.717) is 12.1 Å². The van der Waals surface area contributed by atoms with Crippen LogP contribution in [0, 0.1) is 5.92 Å². The van der Waals surface area contributed by atoms with Gasteiger partial charge in [-0.1, -0.05) is 6.42 Å². The second kappa shape index (κ2) is 7.62. The molecule has 2 rings (SSSR count). The van der Waals surface area contributed by atoms with Gasteiger partial charge in [-0.05, 0) is 50.9 Å². The van der Waals surface area contributed by atoms with Crippen LogP contribution in [0.15, 0.2) is 4.99 Å². The summed E-state index contributed by atoms with van der Waals surface area (Å²) in [5.74, 6) is 1.41. The first kappa shape index (κ1) is 13.7. The molecule has 2 aliphatic rings. The van der Waals surface area contributed by atoms with Crippen LogP contribution in [0.5, 0.6) is 0 Å². The Morgan fingerprint density at radius 3 is 2.78 bits per heavy atom. The van der Waals surface area contributed by atoms with Crippen molar-refractivity contribution in [2.45, 2.75) is 57.5 Å². The zero-order chi connectivity index (χ0) is 12.6. The van der Waals surface area contributed by atoms with Crippen LogP contribution in [0.25, 0.3) is 0 Å². The number of hydrogen-bond donors (Lipinski definition) is 2. The minimum atomic E-state index is 0.480. The molecule has 0 aromatic rings. The summed E-state index contributed by atoms with van der Waals surface area (Å²) in [6.07, 6.45) is 10.5. The van der Waals surface area contributed by atoms with Gasteiger partial charge in [0.15, 0.2) is 5.96 Å². The van der Waals surface area contributed by atoms with Crippen molar-refractivity contribution in [3.05, 3.63) is 0 Å². The van der Waals surface area contributed by atoms with E-state index in [4.69, 9.17) is 10.5 Å². The molecule has 1 atom stereocenters. The summed E-state index contributed by atoms with van der Waals surface area (Å²) >= 11 is 0. The first-order valence-corrected chi connectivity index (χ1v) is 7.50. The quantitative estimate of drug-likeness (QED) is 0.432. The van der Waals surface area contributed by atoms with Crippen LogP contribution in [0.1, 0.15) is 51.4 Å². The summed E-state index contributed by atoms with van der Waals surface area (Å²) in [6.45, 7) is 2.77. The second-order valence-corrected chi connectivity index (χ2v) is 5.58. The van der Waals surface area contributed by atoms with Gasteiger partial charge in [0.2, 0.25) is 0 Å². The zero-order valence-electron chi connectivity index (χ0n) is 11.4. The third kappa shape index (κ3) is 4.84. The van der Waals surface area contributed by atoms with E-state index >= 15 is 0 Å². The number of guanidine groups is 1. The molecule has 0 radical (unpaired) electrons. The highest BCUT2D eigenvalue weighted by Crippen LogP contribution is 2.26. The van der Waals surface area contributed by atoms with Crippen LogP contribution < -0.4 is 11.1 Å². The summed E-state index contributed by atoms with van der Waals surface area (Å²) in [4.78, 5) is 4.38. The van der Waals surface area contributed by atoms with Gasteiger partial charge in [0.25, 0.3) is 0 Å². The summed E-state index contributed by atoms with van der Waals surface area (Å²) in [6, 6.07) is 0. The van der Waals surface area contributed by atoms with Crippen LogP contribution in [-0.2, 0) is 4.74 Å². The highest BCUT2D eigenvalue weighted by atomic mass is 16.5. The van der Waals surface area contributed by atoms with Crippen molar-refractivity contribution in [3.8, 4) is 0 Å². The predicted octanol–water partition coefficient (Wildman–Crippen LogP) is 2.04. The van der Waals surface area contributed by atoms with Crippen molar-refractivity contribution in [2.75, 3.05) is 19.7 Å². The Kier molecular flexibility index (Phi) is 5.78. The molecule has 1 unspecified atom stereocenters. The molecule has 104 valence electrons. The summed E-state index contributed by atoms with van der Waals surface area (Å²) < 4.78 is 5.70. The van der Waals surface area contributed by atoms with E-state index in [0.717, 1.165) is 38.5 Å². The topological polar surface area (TPSA) is 59.6 Å². The molecular formula is C14H27N3O. The number of nitrogens with two attached hydrogens (primary N) is 1. The van der Waals surface area contributed by atoms with E-state index in [-0.39, 0.29) is 0 Å². The van der Waals surface area contributed by atoms with E-state index in [2.05, 4.69) is 10.3 Å². The number of ether oxygens (including phenoxy) is 1. The first-order chi connectivity index (χ1) is 8.84. The van der Waals surface area contributed by atoms with Crippen LogP contribution in [-0.4, -0.2) is 31.8 Å². The van der Waals surface area contributed by atoms with E-state index in [1.807, 2.05) is 0 Å². The molecule has 0 aromatic carbocycles. The van der Waals surface area contributed by atoms with Crippen molar-refractivity contribution in [3.63, 3.8) is 0 Å². The lowest BCUT2D eigenvalue weighted by atomic mass is 9.86. The Morgan fingerprint density at radius 1 is 1.22 bits per heavy atom. The third-order valence-electron chi connectivity index (χ3n) is 4.03. The largest absolute Gasteiger partial charge is 0.378 e. The first-order valence-electron chi connectivity index (χ1n) is 7.50. The highest BCUT2D eigenvalue weighted by Gasteiger charge is 2.16. The Labute approximate surface area is 110 Å². The molecule has 1 aliphatic heterocycles. The monoisotopic (exact) mass is 253 g/mol. The van der Waals surface area contributed by atoms with Crippen LogP contribution in [0.4, 0.5) is 0 Å². The molecule has 1 saturated carbocycles. The fraction of sp³-hybridized carbons (Fsp3) is 0.929. The fourth-order valence-electron chi connectivity index (χ4n) is 2.54. The van der Waals surface area contributed by atoms with Gasteiger partial charge in [0.1, 0.15) is 0 Å². The van der Waals surface area contributed by atoms with Gasteiger partial charge in [0.05, 0.1) is 6.10 Å². The van der Waals surface area contributed by atoms with Crippen LogP contribution >= 0.6 is 0 Å². The Balaban J connectivity index is 1.48. The van der Waals surface area contributed by atoms with Crippen LogP contribution in [0.3, 0.4) is 0 Å². The second-order valence-electron chi connectivity index (χ2n) is 5.58. The molecule has 0 bridgehead atoms. The lowest BCUT2D eigenvalue weighted by molar-refractivity contribution is 0.0104. The minimum Gasteiger partial charge on any atom is -0.378 e. The lowest BCUT2D eigenvalue weighted by Crippen LogP contribution is -2.34. The summed E-state index contributed by atoms with van der Waals surface area (Å²) in [5.41, 5.74) is 5.83. The van der Waals surface area contributed by atoms with Gasteiger partial charge in [-0.25, -0.2) is 0 Å². The zero-order valence-corrected chi connectivity index (χ0v) is 11.4. The fourth-order valence-corrected chi connectivity index (χ4v) is 2.54. The molecule has 0 spiro atoms. The van der Waals surface area contributed by atoms with E-state index in [9.17, 15) is 0 Å². The van der Waals surface area contributed by atoms with Crippen molar-refractivity contribution in [2.24, 2.45) is 16.6 Å². The molecular weight excluding hydrogens is 226 g/mol. The normalized spacial score (nSPS) is 25.8. The molecule has 18 heavy (non-hydrogen) atoms. The molecule has 1 aliphatic carbocycles. The van der Waals surface area contributed by atoms with Crippen molar-refractivity contribution >= 4 is 5.96 Å². The standard InChI is InChI=1S/C14H27N3O/c15-14(17-11-12-5-3-6-12)16-9-4-8-13-7-1-2-10-18-13/h12-13H,1-11H2,(H3,15,16,17). The van der Waals surface area contributed by atoms with Gasteiger partial charge in [-0.2, -0.15) is 0 Å². The third-order valence-corrected chi connectivity index (χ3v) is 4.03. The van der Waals surface area contributed by atoms with E-state index in [1.54, 1.807) is 0 Å². The predicted molar refractivity (Wildman–Crippen MR) is 74.7 cm³/mol. The molecule has 4 nitrogen and oxygen atoms in total. The van der Waals surface area contributed by atoms with Gasteiger partial charge in [-0.3, -0.25) is 4.99 Å². The molecule has 1 saturated heterocycles. The molecule has 1 heterocycles.